The number of nitrogens with zero attached hydrogens (tertiary/aromatic N) is 3. The number of nitrogen functional groups attached to an aromatic ring is 1. The van der Waals surface area contributed by atoms with E-state index in [2.05, 4.69) is 4.98 Å². The fraction of sp³-hybridized carbons (Fsp3) is 0.100. The molecule has 6 heteroatoms. The van der Waals surface area contributed by atoms with Gasteiger partial charge >= 0.3 is 0 Å². The third-order valence-electron chi connectivity index (χ3n) is 2.28. The van der Waals surface area contributed by atoms with Crippen molar-refractivity contribution in [3.63, 3.8) is 0 Å². The maximum absolute atomic E-state index is 10.7. The molecule has 0 atom stereocenters. The van der Waals surface area contributed by atoms with Crippen LogP contribution in [-0.2, 0) is 6.54 Å². The molecule has 2 aromatic rings. The van der Waals surface area contributed by atoms with E-state index >= 15 is 0 Å². The Bertz CT molecular complexity index is 508. The Morgan fingerprint density at radius 3 is 2.94 bits per heavy atom. The van der Waals surface area contributed by atoms with E-state index in [1.165, 1.54) is 6.07 Å². The molecule has 0 unspecified atom stereocenters. The lowest BCUT2D eigenvalue weighted by Crippen LogP contribution is -2.03. The molecule has 0 saturated heterocycles. The summed E-state index contributed by atoms with van der Waals surface area (Å²) in [6.07, 6.45) is 5.06. The third kappa shape index (κ3) is 1.85. The van der Waals surface area contributed by atoms with Gasteiger partial charge in [-0.1, -0.05) is 12.1 Å². The molecule has 16 heavy (non-hydrogen) atoms. The van der Waals surface area contributed by atoms with Gasteiger partial charge in [0, 0.05) is 24.0 Å². The molecule has 0 amide bonds. The first kappa shape index (κ1) is 10.2. The highest BCUT2D eigenvalue weighted by Crippen LogP contribution is 2.25. The van der Waals surface area contributed by atoms with Crippen LogP contribution in [0.2, 0.25) is 0 Å². The van der Waals surface area contributed by atoms with Gasteiger partial charge in [0.15, 0.2) is 0 Å². The standard InChI is InChI=1S/C10H10N4O2/c11-10-8(6-13-5-4-12-7-13)2-1-3-9(10)14(15)16/h1-5,7H,6,11H2. The highest BCUT2D eigenvalue weighted by Gasteiger charge is 2.13. The SMILES string of the molecule is Nc1c(Cn2ccnc2)cccc1[N+](=O)[O-]. The van der Waals surface area contributed by atoms with E-state index in [4.69, 9.17) is 5.73 Å². The van der Waals surface area contributed by atoms with Gasteiger partial charge in [0.05, 0.1) is 17.8 Å². The second-order valence-electron chi connectivity index (χ2n) is 3.34. The fourth-order valence-electron chi connectivity index (χ4n) is 1.47. The van der Waals surface area contributed by atoms with Gasteiger partial charge in [-0.3, -0.25) is 10.1 Å². The normalized spacial score (nSPS) is 10.2. The zero-order chi connectivity index (χ0) is 11.5. The second-order valence-corrected chi connectivity index (χ2v) is 3.34. The molecule has 0 aliphatic rings. The van der Waals surface area contributed by atoms with Crippen LogP contribution in [0.5, 0.6) is 0 Å². The number of rotatable bonds is 3. The van der Waals surface area contributed by atoms with E-state index in [9.17, 15) is 10.1 Å². The summed E-state index contributed by atoms with van der Waals surface area (Å²) in [5.41, 5.74) is 6.59. The van der Waals surface area contributed by atoms with Crippen LogP contribution in [-0.4, -0.2) is 14.5 Å². The minimum absolute atomic E-state index is 0.0578. The van der Waals surface area contributed by atoms with Crippen molar-refractivity contribution in [3.05, 3.63) is 52.6 Å². The Balaban J connectivity index is 2.35. The van der Waals surface area contributed by atoms with E-state index in [1.54, 1.807) is 35.4 Å². The van der Waals surface area contributed by atoms with Gasteiger partial charge in [-0.2, -0.15) is 0 Å². The maximum atomic E-state index is 10.7. The largest absolute Gasteiger partial charge is 0.393 e. The summed E-state index contributed by atoms with van der Waals surface area (Å²) in [4.78, 5) is 14.1. The average Bonchev–Trinajstić information content (AvgIpc) is 2.73. The number of hydrogen-bond donors (Lipinski definition) is 1. The first-order valence-corrected chi connectivity index (χ1v) is 4.66. The summed E-state index contributed by atoms with van der Waals surface area (Å²) in [5.74, 6) is 0. The average molecular weight is 218 g/mol. The summed E-state index contributed by atoms with van der Waals surface area (Å²) in [5, 5.41) is 10.7. The van der Waals surface area contributed by atoms with E-state index in [1.807, 2.05) is 0 Å². The number of hydrogen-bond acceptors (Lipinski definition) is 4. The van der Waals surface area contributed by atoms with Crippen LogP contribution in [0.3, 0.4) is 0 Å². The molecule has 2 N–H and O–H groups in total. The summed E-state index contributed by atoms with van der Waals surface area (Å²) in [6, 6.07) is 4.79. The van der Waals surface area contributed by atoms with Crippen molar-refractivity contribution in [2.45, 2.75) is 6.54 Å². The minimum Gasteiger partial charge on any atom is -0.393 e. The van der Waals surface area contributed by atoms with Crippen molar-refractivity contribution in [1.29, 1.82) is 0 Å². The Kier molecular flexibility index (Phi) is 2.55. The van der Waals surface area contributed by atoms with Crippen molar-refractivity contribution >= 4 is 11.4 Å². The molecule has 0 aliphatic heterocycles. The Morgan fingerprint density at radius 1 is 1.50 bits per heavy atom. The summed E-state index contributed by atoms with van der Waals surface area (Å²) in [6.45, 7) is 0.480. The van der Waals surface area contributed by atoms with Crippen molar-refractivity contribution in [2.75, 3.05) is 5.73 Å². The molecule has 0 aliphatic carbocycles. The molecule has 0 spiro atoms. The van der Waals surface area contributed by atoms with Crippen molar-refractivity contribution < 1.29 is 4.92 Å². The quantitative estimate of drug-likeness (QED) is 0.479. The molecule has 6 nitrogen and oxygen atoms in total. The molecule has 0 saturated carbocycles. The lowest BCUT2D eigenvalue weighted by Gasteiger charge is -2.06. The Labute approximate surface area is 91.5 Å². The third-order valence-corrected chi connectivity index (χ3v) is 2.28. The van der Waals surface area contributed by atoms with Gasteiger partial charge in [-0.15, -0.1) is 0 Å². The first-order valence-electron chi connectivity index (χ1n) is 4.66. The predicted octanol–water partition coefficient (Wildman–Crippen LogP) is 1.42. The van der Waals surface area contributed by atoms with Crippen LogP contribution >= 0.6 is 0 Å². The number of anilines is 1. The van der Waals surface area contributed by atoms with E-state index in [-0.39, 0.29) is 11.4 Å². The molecule has 0 bridgehead atoms. The van der Waals surface area contributed by atoms with Gasteiger partial charge in [0.1, 0.15) is 5.69 Å². The van der Waals surface area contributed by atoms with E-state index in [0.29, 0.717) is 12.1 Å². The van der Waals surface area contributed by atoms with Crippen LogP contribution in [0.15, 0.2) is 36.9 Å². The lowest BCUT2D eigenvalue weighted by atomic mass is 10.1. The molecule has 1 heterocycles. The second kappa shape index (κ2) is 4.01. The predicted molar refractivity (Wildman–Crippen MR) is 58.8 cm³/mol. The topological polar surface area (TPSA) is 87.0 Å². The summed E-state index contributed by atoms with van der Waals surface area (Å²) < 4.78 is 1.80. The van der Waals surface area contributed by atoms with Gasteiger partial charge in [-0.25, -0.2) is 4.98 Å². The molecule has 1 aromatic heterocycles. The highest BCUT2D eigenvalue weighted by atomic mass is 16.6. The number of benzene rings is 1. The zero-order valence-corrected chi connectivity index (χ0v) is 8.41. The van der Waals surface area contributed by atoms with Gasteiger partial charge in [0.25, 0.3) is 5.69 Å². The van der Waals surface area contributed by atoms with Crippen LogP contribution in [0.4, 0.5) is 11.4 Å². The van der Waals surface area contributed by atoms with E-state index in [0.717, 1.165) is 0 Å². The molecule has 82 valence electrons. The molecule has 2 rings (SSSR count). The van der Waals surface area contributed by atoms with Crippen LogP contribution in [0.1, 0.15) is 5.56 Å². The number of imidazole rings is 1. The minimum atomic E-state index is -0.479. The number of aromatic nitrogens is 2. The van der Waals surface area contributed by atoms with E-state index < -0.39 is 4.92 Å². The van der Waals surface area contributed by atoms with Gasteiger partial charge < -0.3 is 10.3 Å². The monoisotopic (exact) mass is 218 g/mol. The Morgan fingerprint density at radius 2 is 2.31 bits per heavy atom. The molecule has 0 fully saturated rings. The zero-order valence-electron chi connectivity index (χ0n) is 8.41. The van der Waals surface area contributed by atoms with Crippen LogP contribution < -0.4 is 5.73 Å². The lowest BCUT2D eigenvalue weighted by molar-refractivity contribution is -0.383. The van der Waals surface area contributed by atoms with Gasteiger partial charge in [-0.05, 0) is 0 Å². The highest BCUT2D eigenvalue weighted by molar-refractivity contribution is 5.62. The number of nitrogens with two attached hydrogens (primary N) is 1. The molecule has 1 aromatic carbocycles. The summed E-state index contributed by atoms with van der Waals surface area (Å²) in [7, 11) is 0. The Hall–Kier alpha value is -2.37. The summed E-state index contributed by atoms with van der Waals surface area (Å²) >= 11 is 0. The first-order chi connectivity index (χ1) is 7.68. The molecular formula is C10H10N4O2. The number of para-hydroxylation sites is 1. The van der Waals surface area contributed by atoms with Crippen molar-refractivity contribution in [1.82, 2.24) is 9.55 Å². The van der Waals surface area contributed by atoms with Crippen LogP contribution in [0, 0.1) is 10.1 Å². The maximum Gasteiger partial charge on any atom is 0.292 e. The molecule has 0 radical (unpaired) electrons. The molecular weight excluding hydrogens is 208 g/mol. The van der Waals surface area contributed by atoms with Crippen molar-refractivity contribution in [3.8, 4) is 0 Å². The fourth-order valence-corrected chi connectivity index (χ4v) is 1.47. The smallest absolute Gasteiger partial charge is 0.292 e. The van der Waals surface area contributed by atoms with Crippen LogP contribution in [0.25, 0.3) is 0 Å². The number of nitro groups is 1. The number of nitro benzene ring substituents is 1. The van der Waals surface area contributed by atoms with Crippen molar-refractivity contribution in [2.24, 2.45) is 0 Å². The van der Waals surface area contributed by atoms with Gasteiger partial charge in [0.2, 0.25) is 0 Å².